The van der Waals surface area contributed by atoms with Crippen LogP contribution in [-0.4, -0.2) is 41.0 Å². The van der Waals surface area contributed by atoms with Crippen molar-refractivity contribution in [2.75, 3.05) is 14.1 Å². The van der Waals surface area contributed by atoms with Gasteiger partial charge in [-0.3, -0.25) is 9.78 Å². The highest BCUT2D eigenvalue weighted by Crippen LogP contribution is 2.42. The van der Waals surface area contributed by atoms with Crippen LogP contribution in [0.15, 0.2) is 72.4 Å². The number of aryl methyl sites for hydroxylation is 1. The zero-order valence-electron chi connectivity index (χ0n) is 20.8. The van der Waals surface area contributed by atoms with E-state index < -0.39 is 11.6 Å². The van der Waals surface area contributed by atoms with Crippen molar-refractivity contribution in [3.05, 3.63) is 89.3 Å². The number of pyridine rings is 1. The molecule has 36 heavy (non-hydrogen) atoms. The smallest absolute Gasteiger partial charge is 0.405 e. The Balaban J connectivity index is 1.61. The Labute approximate surface area is 211 Å². The van der Waals surface area contributed by atoms with E-state index in [1.54, 1.807) is 0 Å². The van der Waals surface area contributed by atoms with E-state index in [9.17, 15) is 14.7 Å². The SMILES string of the molecule is CN(C)/C=C1/CCCc2nc(-c3ccc(C4(NC(=O)O)CCC4)cc3)c(-c3ccccc3)cc2C1=O. The summed E-state index contributed by atoms with van der Waals surface area (Å²) in [5.74, 6) is 0.0504. The van der Waals surface area contributed by atoms with Gasteiger partial charge < -0.3 is 15.3 Å². The van der Waals surface area contributed by atoms with E-state index >= 15 is 0 Å². The maximum Gasteiger partial charge on any atom is 0.405 e. The predicted octanol–water partition coefficient (Wildman–Crippen LogP) is 6.03. The summed E-state index contributed by atoms with van der Waals surface area (Å²) in [7, 11) is 3.87. The van der Waals surface area contributed by atoms with Crippen LogP contribution < -0.4 is 5.32 Å². The first-order chi connectivity index (χ1) is 17.4. The number of fused-ring (bicyclic) bond motifs is 1. The third-order valence-electron chi connectivity index (χ3n) is 7.26. The van der Waals surface area contributed by atoms with Gasteiger partial charge in [0.05, 0.1) is 16.9 Å². The van der Waals surface area contributed by atoms with E-state index in [0.29, 0.717) is 5.56 Å². The van der Waals surface area contributed by atoms with Gasteiger partial charge in [-0.05, 0) is 55.7 Å². The Morgan fingerprint density at radius 2 is 1.69 bits per heavy atom. The van der Waals surface area contributed by atoms with Crippen LogP contribution in [0.2, 0.25) is 0 Å². The number of allylic oxidation sites excluding steroid dienone is 1. The van der Waals surface area contributed by atoms with Crippen LogP contribution in [0.5, 0.6) is 0 Å². The van der Waals surface area contributed by atoms with E-state index in [1.807, 2.05) is 85.9 Å². The molecule has 1 aromatic heterocycles. The highest BCUT2D eigenvalue weighted by molar-refractivity contribution is 6.10. The number of nitrogens with one attached hydrogen (secondary N) is 1. The fraction of sp³-hybridized carbons (Fsp3) is 0.300. The highest BCUT2D eigenvalue weighted by atomic mass is 16.4. The topological polar surface area (TPSA) is 82.5 Å². The first-order valence-electron chi connectivity index (χ1n) is 12.5. The summed E-state index contributed by atoms with van der Waals surface area (Å²) in [6.45, 7) is 0. The Kier molecular flexibility index (Phi) is 6.35. The Hall–Kier alpha value is -3.93. The summed E-state index contributed by atoms with van der Waals surface area (Å²) in [4.78, 5) is 31.9. The molecule has 3 aromatic rings. The number of benzene rings is 2. The lowest BCUT2D eigenvalue weighted by molar-refractivity contribution is 0.102. The average molecular weight is 482 g/mol. The Bertz CT molecular complexity index is 1320. The number of carbonyl (C=O) groups excluding carboxylic acids is 1. The molecule has 1 fully saturated rings. The van der Waals surface area contributed by atoms with Gasteiger partial charge >= 0.3 is 6.09 Å². The fourth-order valence-corrected chi connectivity index (χ4v) is 5.33. The van der Waals surface area contributed by atoms with Crippen LogP contribution in [-0.2, 0) is 12.0 Å². The molecule has 1 heterocycles. The third kappa shape index (κ3) is 4.51. The van der Waals surface area contributed by atoms with Gasteiger partial charge in [0.15, 0.2) is 5.78 Å². The normalized spacial score (nSPS) is 17.6. The predicted molar refractivity (Wildman–Crippen MR) is 141 cm³/mol. The first-order valence-corrected chi connectivity index (χ1v) is 12.5. The number of nitrogens with zero attached hydrogens (tertiary/aromatic N) is 2. The lowest BCUT2D eigenvalue weighted by atomic mass is 9.71. The number of carbonyl (C=O) groups is 2. The number of rotatable bonds is 5. The van der Waals surface area contributed by atoms with E-state index in [2.05, 4.69) is 5.32 Å². The van der Waals surface area contributed by atoms with Crippen molar-refractivity contribution < 1.29 is 14.7 Å². The summed E-state index contributed by atoms with van der Waals surface area (Å²) in [5, 5.41) is 12.1. The van der Waals surface area contributed by atoms with E-state index in [0.717, 1.165) is 77.7 Å². The van der Waals surface area contributed by atoms with Crippen LogP contribution in [0, 0.1) is 0 Å². The minimum Gasteiger partial charge on any atom is -0.465 e. The molecule has 2 aliphatic rings. The molecule has 1 amide bonds. The molecule has 0 saturated heterocycles. The fourth-order valence-electron chi connectivity index (χ4n) is 5.33. The lowest BCUT2D eigenvalue weighted by Gasteiger charge is -2.42. The molecule has 0 spiro atoms. The zero-order valence-corrected chi connectivity index (χ0v) is 20.8. The van der Waals surface area contributed by atoms with Gasteiger partial charge in [0.25, 0.3) is 0 Å². The lowest BCUT2D eigenvalue weighted by Crippen LogP contribution is -2.50. The van der Waals surface area contributed by atoms with Crippen LogP contribution >= 0.6 is 0 Å². The second-order valence-corrected chi connectivity index (χ2v) is 9.99. The molecule has 6 heteroatoms. The quantitative estimate of drug-likeness (QED) is 0.344. The summed E-state index contributed by atoms with van der Waals surface area (Å²) < 4.78 is 0. The van der Waals surface area contributed by atoms with Crippen molar-refractivity contribution in [3.8, 4) is 22.4 Å². The molecule has 2 aromatic carbocycles. The van der Waals surface area contributed by atoms with Crippen LogP contribution in [0.3, 0.4) is 0 Å². The summed E-state index contributed by atoms with van der Waals surface area (Å²) in [5.41, 5.74) is 6.52. The van der Waals surface area contributed by atoms with E-state index in [4.69, 9.17) is 4.98 Å². The van der Waals surface area contributed by atoms with E-state index in [-0.39, 0.29) is 5.78 Å². The maximum absolute atomic E-state index is 13.5. The second kappa shape index (κ2) is 9.61. The standard InChI is InChI=1S/C30H31N3O3/c1-33(2)19-22-10-6-11-26-25(28(22)34)18-24(20-8-4-3-5-9-20)27(31-26)21-12-14-23(15-13-21)30(16-7-17-30)32-29(35)36/h3-5,8-9,12-15,18-19,32H,6-7,10-11,16-17H2,1-2H3,(H,35,36)/b22-19-. The third-order valence-corrected chi connectivity index (χ3v) is 7.26. The molecule has 0 radical (unpaired) electrons. The van der Waals surface area contributed by atoms with Gasteiger partial charge in [0.2, 0.25) is 0 Å². The van der Waals surface area contributed by atoms with Crippen molar-refractivity contribution in [2.24, 2.45) is 0 Å². The molecule has 2 N–H and O–H groups in total. The first kappa shape index (κ1) is 23.8. The van der Waals surface area contributed by atoms with Crippen molar-refractivity contribution in [2.45, 2.75) is 44.1 Å². The molecular weight excluding hydrogens is 450 g/mol. The highest BCUT2D eigenvalue weighted by Gasteiger charge is 2.40. The van der Waals surface area contributed by atoms with Crippen LogP contribution in [0.25, 0.3) is 22.4 Å². The van der Waals surface area contributed by atoms with Crippen molar-refractivity contribution in [1.82, 2.24) is 15.2 Å². The molecule has 0 bridgehead atoms. The number of carboxylic acid groups (broad SMARTS) is 1. The largest absolute Gasteiger partial charge is 0.465 e. The van der Waals surface area contributed by atoms with Crippen LogP contribution in [0.4, 0.5) is 4.79 Å². The Morgan fingerprint density at radius 3 is 2.31 bits per heavy atom. The van der Waals surface area contributed by atoms with E-state index in [1.165, 1.54) is 0 Å². The number of amides is 1. The summed E-state index contributed by atoms with van der Waals surface area (Å²) in [6.07, 6.45) is 5.89. The van der Waals surface area contributed by atoms with Crippen molar-refractivity contribution in [3.63, 3.8) is 0 Å². The molecule has 0 unspecified atom stereocenters. The summed E-state index contributed by atoms with van der Waals surface area (Å²) >= 11 is 0. The number of aromatic nitrogens is 1. The van der Waals surface area contributed by atoms with Gasteiger partial charge in [-0.2, -0.15) is 0 Å². The maximum atomic E-state index is 13.5. The minimum atomic E-state index is -0.995. The molecule has 184 valence electrons. The van der Waals surface area contributed by atoms with Gasteiger partial charge in [-0.1, -0.05) is 54.6 Å². The average Bonchev–Trinajstić information content (AvgIpc) is 2.99. The molecule has 0 atom stereocenters. The molecule has 2 aliphatic carbocycles. The summed E-state index contributed by atoms with van der Waals surface area (Å²) in [6, 6.07) is 20.1. The van der Waals surface area contributed by atoms with Crippen molar-refractivity contribution >= 4 is 11.9 Å². The molecule has 1 saturated carbocycles. The molecule has 6 nitrogen and oxygen atoms in total. The monoisotopic (exact) mass is 481 g/mol. The Morgan fingerprint density at radius 1 is 0.972 bits per heavy atom. The number of Topliss-reactive ketones (excluding diaryl/α,β-unsaturated/α-hetero) is 1. The van der Waals surface area contributed by atoms with Gasteiger partial charge in [-0.25, -0.2) is 4.79 Å². The molecule has 5 rings (SSSR count). The number of ketones is 1. The van der Waals surface area contributed by atoms with Gasteiger partial charge in [-0.15, -0.1) is 0 Å². The molecular formula is C30H31N3O3. The second-order valence-electron chi connectivity index (χ2n) is 9.99. The zero-order chi connectivity index (χ0) is 25.3. The minimum absolute atomic E-state index is 0.0504. The van der Waals surface area contributed by atoms with Crippen LogP contribution in [0.1, 0.15) is 53.7 Å². The number of hydrogen-bond donors (Lipinski definition) is 2. The van der Waals surface area contributed by atoms with Crippen molar-refractivity contribution in [1.29, 1.82) is 0 Å². The number of hydrogen-bond acceptors (Lipinski definition) is 4. The van der Waals surface area contributed by atoms with Gasteiger partial charge in [0, 0.05) is 42.6 Å². The molecule has 0 aliphatic heterocycles. The van der Waals surface area contributed by atoms with Gasteiger partial charge in [0.1, 0.15) is 0 Å².